The quantitative estimate of drug-likeness (QED) is 0.0516. The number of rotatable bonds is 24. The first-order chi connectivity index (χ1) is 52.1. The van der Waals surface area contributed by atoms with Gasteiger partial charge in [0.2, 0.25) is 23.6 Å². The fourth-order valence-electron chi connectivity index (χ4n) is 10.0. The topological polar surface area (TPSA) is 292 Å². The predicted molar refractivity (Wildman–Crippen MR) is 528 cm³/mol. The van der Waals surface area contributed by atoms with Crippen molar-refractivity contribution in [1.82, 2.24) is 9.80 Å². The summed E-state index contributed by atoms with van der Waals surface area (Å²) in [6.45, 7) is 98.5. The molecule has 0 aromatic heterocycles. The van der Waals surface area contributed by atoms with E-state index in [1.54, 1.807) is 23.5 Å². The molecule has 6 atom stereocenters. The van der Waals surface area contributed by atoms with Gasteiger partial charge in [-0.2, -0.15) is 47.0 Å². The van der Waals surface area contributed by atoms with Crippen molar-refractivity contribution in [2.45, 2.75) is 454 Å². The van der Waals surface area contributed by atoms with Crippen molar-refractivity contribution in [2.24, 2.45) is 44.3 Å². The number of carboxylic acids is 4. The zero-order valence-electron chi connectivity index (χ0n) is 84.8. The molecule has 0 saturated carbocycles. The molecule has 6 unspecified atom stereocenters. The Morgan fingerprint density at radius 3 is 0.650 bits per heavy atom. The molecule has 0 aliphatic carbocycles. The molecule has 0 bridgehead atoms. The van der Waals surface area contributed by atoms with Crippen LogP contribution in [0.3, 0.4) is 0 Å². The van der Waals surface area contributed by atoms with Crippen molar-refractivity contribution in [3.05, 3.63) is 0 Å². The zero-order valence-corrected chi connectivity index (χ0v) is 91.3. The van der Waals surface area contributed by atoms with Crippen LogP contribution in [-0.2, 0) is 57.5 Å². The lowest BCUT2D eigenvalue weighted by atomic mass is 9.86. The van der Waals surface area contributed by atoms with Gasteiger partial charge in [0.15, 0.2) is 0 Å². The van der Waals surface area contributed by atoms with E-state index in [9.17, 15) is 57.5 Å². The summed E-state index contributed by atoms with van der Waals surface area (Å²) in [5.74, 6) is -2.77. The number of aliphatic carboxylic acids is 4. The molecule has 2 heterocycles. The number of likely N-dealkylation sites (tertiary alicyclic amines) is 2. The van der Waals surface area contributed by atoms with Gasteiger partial charge in [0.1, 0.15) is 45.5 Å². The van der Waals surface area contributed by atoms with Crippen LogP contribution in [0.4, 0.5) is 0 Å². The maximum Gasteiger partial charge on any atom is 0.317 e. The minimum atomic E-state index is -1.00. The van der Waals surface area contributed by atoms with Gasteiger partial charge >= 0.3 is 23.9 Å². The Hall–Kier alpha value is -2.36. The highest BCUT2D eigenvalue weighted by atomic mass is 32.2. The molecule has 0 aromatic carbocycles. The molecule has 2 aliphatic heterocycles. The van der Waals surface area contributed by atoms with Crippen LogP contribution in [0.2, 0.25) is 0 Å². The lowest BCUT2D eigenvalue weighted by Crippen LogP contribution is -2.46. The molecule has 4 N–H and O–H groups in total. The number of carbonyl (C=O) groups excluding carboxylic acids is 8. The third-order valence-corrected chi connectivity index (χ3v) is 26.3. The van der Waals surface area contributed by atoms with Crippen LogP contribution < -0.4 is 0 Å². The molecule has 2 saturated heterocycles. The third kappa shape index (κ3) is 77.9. The second-order valence-electron chi connectivity index (χ2n) is 48.4. The second kappa shape index (κ2) is 51.7. The van der Waals surface area contributed by atoms with E-state index in [1.165, 1.54) is 68.4 Å². The van der Waals surface area contributed by atoms with Gasteiger partial charge in [-0.15, -0.1) is 47.0 Å². The highest BCUT2D eigenvalue weighted by molar-refractivity contribution is 8.03. The smallest absolute Gasteiger partial charge is 0.317 e. The largest absolute Gasteiger partial charge is 0.481 e. The van der Waals surface area contributed by atoms with Crippen molar-refractivity contribution in [3.63, 3.8) is 0 Å². The van der Waals surface area contributed by atoms with E-state index in [0.717, 1.165) is 0 Å². The van der Waals surface area contributed by atoms with Crippen LogP contribution in [0.5, 0.6) is 0 Å². The van der Waals surface area contributed by atoms with Gasteiger partial charge in [-0.1, -0.05) is 291 Å². The average Bonchev–Trinajstić information content (AvgIpc) is 1.65. The van der Waals surface area contributed by atoms with Gasteiger partial charge in [0.25, 0.3) is 0 Å². The number of nitrogens with zero attached hydrogens (tertiary/aromatic N) is 2. The lowest BCUT2D eigenvalue weighted by molar-refractivity contribution is -0.147. The van der Waals surface area contributed by atoms with Crippen LogP contribution in [0.25, 0.3) is 0 Å². The normalized spacial score (nSPS) is 16.7. The van der Waals surface area contributed by atoms with E-state index in [4.69, 9.17) is 20.4 Å². The monoisotopic (exact) mass is 1850 g/mol. The van der Waals surface area contributed by atoms with Crippen LogP contribution in [0, 0.1) is 44.3 Å². The Labute approximate surface area is 767 Å². The molecular formula is C94H178N2O16S8. The summed E-state index contributed by atoms with van der Waals surface area (Å²) in [7, 11) is 0. The van der Waals surface area contributed by atoms with Crippen LogP contribution >= 0.6 is 94.1 Å². The van der Waals surface area contributed by atoms with E-state index in [0.29, 0.717) is 70.4 Å². The number of ketones is 4. The molecule has 0 radical (unpaired) electrons. The van der Waals surface area contributed by atoms with Crippen LogP contribution in [-0.4, -0.2) is 194 Å². The number of imide groups is 2. The molecule has 120 heavy (non-hydrogen) atoms. The molecule has 708 valence electrons. The summed E-state index contributed by atoms with van der Waals surface area (Å²) in [6.07, 6.45) is 2.42. The SMILES string of the molecule is CC(C)(C)CC(=O)C(CSC(C)(C)C)C(=O)O.CC(C)(C)CC(=O)C(CSC(C)(C)C)C(=O)O.CC(C)(C)CC(=O)CC(SC(C)(C)C)C(=O)O.CC(C)(C)CC(=O)CC(SC(C)(C)C)C(=O)O.CC(C)(C)CSC(C)(C)C.CC(C)(C)CSC(C)(C)C.CC(C)(C)SC1CC(=O)N(C(C)(C)C)C1=O.CC(C)(C)SC1CC(=O)N(C(C)(C)C)C1=O. The minimum absolute atomic E-state index is 0.00843. The Balaban J connectivity index is -0.000000311. The molecule has 0 aromatic rings. The number of thioether (sulfide) groups is 8. The Morgan fingerprint density at radius 2 is 0.517 bits per heavy atom. The van der Waals surface area contributed by atoms with Crippen LogP contribution in [0.15, 0.2) is 0 Å². The summed E-state index contributed by atoms with van der Waals surface area (Å²) in [6, 6.07) is 0. The Morgan fingerprint density at radius 1 is 0.300 bits per heavy atom. The summed E-state index contributed by atoms with van der Waals surface area (Å²) in [5, 5.41) is 34.8. The first-order valence-corrected chi connectivity index (χ1v) is 49.6. The maximum atomic E-state index is 12.1. The molecule has 26 heteroatoms. The number of Topliss-reactive ketones (excluding diaryl/α,β-unsaturated/α-hetero) is 4. The van der Waals surface area contributed by atoms with Crippen molar-refractivity contribution in [1.29, 1.82) is 0 Å². The van der Waals surface area contributed by atoms with Gasteiger partial charge in [-0.25, -0.2) is 0 Å². The first kappa shape index (κ1) is 128. The maximum absolute atomic E-state index is 12.1. The van der Waals surface area contributed by atoms with Gasteiger partial charge in [-0.3, -0.25) is 67.3 Å². The standard InChI is InChI=1S/4C13H24O3S.2C12H21NO2S.2C9H20S/c2*1-12(2,3)7-10(14)9(11(15)16)8-17-13(4,5)6;2*1-12(2,3)8-9(14)7-10(11(15)16)17-13(4,5)6;2*1-11(2,3)13-9(14)7-8(10(13)15)16-12(4,5)6;2*1-8(2,3)7-10-9(4,5)6/h2*9H,7-8H2,1-6H3,(H,15,16);2*10H,7-8H2,1-6H3,(H,15,16);2*8H,7H2,1-6H3;2*7H2,1-6H3. The van der Waals surface area contributed by atoms with E-state index in [1.807, 2.05) is 231 Å². The Kier molecular flexibility index (Phi) is 55.4. The van der Waals surface area contributed by atoms with Crippen molar-refractivity contribution in [3.8, 4) is 0 Å². The highest BCUT2D eigenvalue weighted by Gasteiger charge is 2.47. The van der Waals surface area contributed by atoms with Gasteiger partial charge < -0.3 is 20.4 Å². The van der Waals surface area contributed by atoms with Crippen LogP contribution in [0.1, 0.15) is 384 Å². The van der Waals surface area contributed by atoms with E-state index < -0.39 is 57.3 Å². The Bertz CT molecular complexity index is 2960. The third-order valence-electron chi connectivity index (χ3n) is 14.4. The number of carboxylic acid groups (broad SMARTS) is 4. The number of hydrogen-bond donors (Lipinski definition) is 4. The zero-order chi connectivity index (χ0) is 97.7. The van der Waals surface area contributed by atoms with E-state index in [-0.39, 0.29) is 120 Å². The number of amides is 4. The molecule has 2 fully saturated rings. The first-order valence-electron chi connectivity index (χ1n) is 42.1. The van der Waals surface area contributed by atoms with Crippen molar-refractivity contribution in [2.75, 3.05) is 23.0 Å². The fraction of sp³-hybridized carbons (Fsp3) is 0.872. The highest BCUT2D eigenvalue weighted by Crippen LogP contribution is 2.41. The van der Waals surface area contributed by atoms with E-state index >= 15 is 0 Å². The second-order valence-corrected chi connectivity index (χ2v) is 63.8. The molecular weight excluding hydrogens is 1670 g/mol. The summed E-state index contributed by atoms with van der Waals surface area (Å²) < 4.78 is 0.533. The summed E-state index contributed by atoms with van der Waals surface area (Å²) in [4.78, 5) is 143. The molecule has 2 aliphatic rings. The average molecular weight is 1850 g/mol. The summed E-state index contributed by atoms with van der Waals surface area (Å²) in [5.41, 5.74) is -0.327. The van der Waals surface area contributed by atoms with Gasteiger partial charge in [-0.05, 0) is 85.5 Å². The van der Waals surface area contributed by atoms with E-state index in [2.05, 4.69) is 125 Å². The molecule has 18 nitrogen and oxygen atoms in total. The number of hydrogen-bond acceptors (Lipinski definition) is 20. The number of carbonyl (C=O) groups is 12. The van der Waals surface area contributed by atoms with Crippen molar-refractivity contribution >= 4 is 165 Å². The minimum Gasteiger partial charge on any atom is -0.481 e. The van der Waals surface area contributed by atoms with Gasteiger partial charge in [0, 0.05) is 112 Å². The molecule has 0 spiro atoms. The fourth-order valence-corrected chi connectivity index (χ4v) is 18.8. The summed E-state index contributed by atoms with van der Waals surface area (Å²) >= 11 is 13.0. The molecule has 2 rings (SSSR count). The molecule has 4 amide bonds. The van der Waals surface area contributed by atoms with Crippen molar-refractivity contribution < 1.29 is 78.0 Å². The van der Waals surface area contributed by atoms with Gasteiger partial charge in [0.05, 0.1) is 10.5 Å². The lowest BCUT2D eigenvalue weighted by Gasteiger charge is -2.30. The predicted octanol–water partition coefficient (Wildman–Crippen LogP) is 25.2.